The Morgan fingerprint density at radius 1 is 1.05 bits per heavy atom. The lowest BCUT2D eigenvalue weighted by Gasteiger charge is -2.11. The van der Waals surface area contributed by atoms with Crippen molar-refractivity contribution in [3.8, 4) is 0 Å². The third-order valence-electron chi connectivity index (χ3n) is 3.33. The van der Waals surface area contributed by atoms with Gasteiger partial charge in [0.25, 0.3) is 5.91 Å². The molecule has 3 amide bonds. The zero-order chi connectivity index (χ0) is 14.5. The van der Waals surface area contributed by atoms with Crippen molar-refractivity contribution >= 4 is 23.4 Å². The number of hydrogen-bond acceptors (Lipinski definition) is 4. The van der Waals surface area contributed by atoms with Gasteiger partial charge in [0, 0.05) is 11.7 Å². The fourth-order valence-corrected chi connectivity index (χ4v) is 2.25. The van der Waals surface area contributed by atoms with Crippen molar-refractivity contribution < 1.29 is 14.4 Å². The van der Waals surface area contributed by atoms with Crippen molar-refractivity contribution in [2.75, 3.05) is 5.73 Å². The van der Waals surface area contributed by atoms with Crippen LogP contribution in [0.3, 0.4) is 0 Å². The van der Waals surface area contributed by atoms with Crippen molar-refractivity contribution in [2.45, 2.75) is 31.7 Å². The standard InChI is InChI=1S/C14H17N3O3/c15-11-8-4-3-7-10(11)12(18)17-14(20)13(19)16-9-5-1-2-6-9/h3-4,7-9H,1-2,5-6,15H2,(H,16,19)(H,17,18,20). The molecule has 106 valence electrons. The molecule has 0 aliphatic heterocycles. The largest absolute Gasteiger partial charge is 0.398 e. The minimum Gasteiger partial charge on any atom is -0.398 e. The fraction of sp³-hybridized carbons (Fsp3) is 0.357. The molecule has 0 aromatic heterocycles. The average Bonchev–Trinajstić information content (AvgIpc) is 2.91. The van der Waals surface area contributed by atoms with Crippen molar-refractivity contribution in [3.05, 3.63) is 29.8 Å². The Morgan fingerprint density at radius 3 is 2.35 bits per heavy atom. The Balaban J connectivity index is 1.92. The predicted octanol–water partition coefficient (Wildman–Crippen LogP) is 0.584. The lowest BCUT2D eigenvalue weighted by atomic mass is 10.1. The zero-order valence-corrected chi connectivity index (χ0v) is 11.0. The SMILES string of the molecule is Nc1ccccc1C(=O)NC(=O)C(=O)NC1CCCC1. The molecule has 0 unspecified atom stereocenters. The van der Waals surface area contributed by atoms with Gasteiger partial charge in [-0.3, -0.25) is 19.7 Å². The van der Waals surface area contributed by atoms with E-state index in [1.165, 1.54) is 6.07 Å². The van der Waals surface area contributed by atoms with Crippen LogP contribution in [0.4, 0.5) is 5.69 Å². The van der Waals surface area contributed by atoms with Crippen LogP contribution in [0.2, 0.25) is 0 Å². The Bertz CT molecular complexity index is 536. The summed E-state index contributed by atoms with van der Waals surface area (Å²) in [5.41, 5.74) is 6.07. The maximum absolute atomic E-state index is 11.8. The Hall–Kier alpha value is -2.37. The summed E-state index contributed by atoms with van der Waals surface area (Å²) in [6, 6.07) is 6.39. The number of anilines is 1. The normalized spacial score (nSPS) is 14.8. The highest BCUT2D eigenvalue weighted by molar-refractivity contribution is 6.38. The van der Waals surface area contributed by atoms with Crippen LogP contribution in [-0.4, -0.2) is 23.8 Å². The van der Waals surface area contributed by atoms with Crippen LogP contribution in [0.1, 0.15) is 36.0 Å². The second-order valence-corrected chi connectivity index (χ2v) is 4.83. The Labute approximate surface area is 116 Å². The van der Waals surface area contributed by atoms with E-state index in [0.717, 1.165) is 25.7 Å². The van der Waals surface area contributed by atoms with Gasteiger partial charge in [0.2, 0.25) is 0 Å². The van der Waals surface area contributed by atoms with E-state index in [2.05, 4.69) is 5.32 Å². The first-order valence-corrected chi connectivity index (χ1v) is 6.58. The summed E-state index contributed by atoms with van der Waals surface area (Å²) in [5.74, 6) is -2.40. The fourth-order valence-electron chi connectivity index (χ4n) is 2.25. The maximum atomic E-state index is 11.8. The second-order valence-electron chi connectivity index (χ2n) is 4.83. The number of rotatable bonds is 2. The van der Waals surface area contributed by atoms with Crippen LogP contribution in [0.15, 0.2) is 24.3 Å². The molecular weight excluding hydrogens is 258 g/mol. The molecule has 20 heavy (non-hydrogen) atoms. The smallest absolute Gasteiger partial charge is 0.316 e. The zero-order valence-electron chi connectivity index (χ0n) is 11.0. The van der Waals surface area contributed by atoms with Crippen LogP contribution < -0.4 is 16.4 Å². The molecule has 1 saturated carbocycles. The van der Waals surface area contributed by atoms with E-state index in [1.54, 1.807) is 18.2 Å². The molecule has 4 N–H and O–H groups in total. The first-order chi connectivity index (χ1) is 9.58. The maximum Gasteiger partial charge on any atom is 0.316 e. The first-order valence-electron chi connectivity index (χ1n) is 6.58. The Kier molecular flexibility index (Phi) is 4.34. The minimum absolute atomic E-state index is 0.0325. The van der Waals surface area contributed by atoms with Gasteiger partial charge in [-0.15, -0.1) is 0 Å². The molecule has 0 spiro atoms. The van der Waals surface area contributed by atoms with E-state index in [1.807, 2.05) is 5.32 Å². The summed E-state index contributed by atoms with van der Waals surface area (Å²) in [7, 11) is 0. The van der Waals surface area contributed by atoms with E-state index in [-0.39, 0.29) is 17.3 Å². The van der Waals surface area contributed by atoms with Gasteiger partial charge in [0.05, 0.1) is 5.56 Å². The van der Waals surface area contributed by atoms with Gasteiger partial charge in [-0.25, -0.2) is 0 Å². The highest BCUT2D eigenvalue weighted by Gasteiger charge is 2.23. The van der Waals surface area contributed by atoms with Gasteiger partial charge in [-0.2, -0.15) is 0 Å². The Morgan fingerprint density at radius 2 is 1.70 bits per heavy atom. The summed E-state index contributed by atoms with van der Waals surface area (Å²) in [6.45, 7) is 0. The van der Waals surface area contributed by atoms with E-state index >= 15 is 0 Å². The average molecular weight is 275 g/mol. The highest BCUT2D eigenvalue weighted by atomic mass is 16.2. The van der Waals surface area contributed by atoms with Gasteiger partial charge < -0.3 is 11.1 Å². The van der Waals surface area contributed by atoms with E-state index < -0.39 is 17.7 Å². The van der Waals surface area contributed by atoms with Gasteiger partial charge in [0.1, 0.15) is 0 Å². The summed E-state index contributed by atoms with van der Waals surface area (Å²) < 4.78 is 0. The summed E-state index contributed by atoms with van der Waals surface area (Å²) >= 11 is 0. The van der Waals surface area contributed by atoms with Crippen LogP contribution in [0.25, 0.3) is 0 Å². The number of imide groups is 1. The first kappa shape index (κ1) is 14.0. The van der Waals surface area contributed by atoms with Gasteiger partial charge in [0.15, 0.2) is 0 Å². The number of para-hydroxylation sites is 1. The van der Waals surface area contributed by atoms with Crippen LogP contribution in [-0.2, 0) is 9.59 Å². The molecule has 0 radical (unpaired) electrons. The van der Waals surface area contributed by atoms with E-state index in [4.69, 9.17) is 5.73 Å². The third-order valence-corrected chi connectivity index (χ3v) is 3.33. The molecule has 0 atom stereocenters. The number of hydrogen-bond donors (Lipinski definition) is 3. The highest BCUT2D eigenvalue weighted by Crippen LogP contribution is 2.17. The molecule has 1 aromatic rings. The summed E-state index contributed by atoms with van der Waals surface area (Å²) in [6.07, 6.45) is 3.84. The second kappa shape index (κ2) is 6.18. The minimum atomic E-state index is -0.954. The predicted molar refractivity (Wildman–Crippen MR) is 73.7 cm³/mol. The van der Waals surface area contributed by atoms with Gasteiger partial charge in [-0.05, 0) is 25.0 Å². The molecule has 6 heteroatoms. The van der Waals surface area contributed by atoms with Crippen LogP contribution >= 0.6 is 0 Å². The number of nitrogens with one attached hydrogen (secondary N) is 2. The molecular formula is C14H17N3O3. The molecule has 6 nitrogen and oxygen atoms in total. The number of nitrogen functional groups attached to an aromatic ring is 1. The summed E-state index contributed by atoms with van der Waals surface area (Å²) in [5, 5.41) is 4.66. The number of carbonyl (C=O) groups excluding carboxylic acids is 3. The molecule has 1 aromatic carbocycles. The number of carbonyl (C=O) groups is 3. The van der Waals surface area contributed by atoms with Gasteiger partial charge >= 0.3 is 11.8 Å². The van der Waals surface area contributed by atoms with Crippen LogP contribution in [0, 0.1) is 0 Å². The van der Waals surface area contributed by atoms with Crippen molar-refractivity contribution in [2.24, 2.45) is 0 Å². The molecule has 1 fully saturated rings. The molecule has 1 aliphatic rings. The number of amides is 3. The van der Waals surface area contributed by atoms with E-state index in [9.17, 15) is 14.4 Å². The lowest BCUT2D eigenvalue weighted by Crippen LogP contribution is -2.45. The third kappa shape index (κ3) is 3.34. The van der Waals surface area contributed by atoms with Crippen molar-refractivity contribution in [3.63, 3.8) is 0 Å². The van der Waals surface area contributed by atoms with Crippen molar-refractivity contribution in [1.82, 2.24) is 10.6 Å². The summed E-state index contributed by atoms with van der Waals surface area (Å²) in [4.78, 5) is 35.1. The lowest BCUT2D eigenvalue weighted by molar-refractivity contribution is -0.139. The number of nitrogens with two attached hydrogens (primary N) is 1. The molecule has 0 bridgehead atoms. The molecule has 0 heterocycles. The molecule has 2 rings (SSSR count). The molecule has 1 aliphatic carbocycles. The monoisotopic (exact) mass is 275 g/mol. The van der Waals surface area contributed by atoms with Crippen molar-refractivity contribution in [1.29, 1.82) is 0 Å². The van der Waals surface area contributed by atoms with Gasteiger partial charge in [-0.1, -0.05) is 25.0 Å². The van der Waals surface area contributed by atoms with E-state index in [0.29, 0.717) is 0 Å². The quantitative estimate of drug-likeness (QED) is 0.543. The topological polar surface area (TPSA) is 101 Å². The number of benzene rings is 1. The molecule has 0 saturated heterocycles. The van der Waals surface area contributed by atoms with Crippen LogP contribution in [0.5, 0.6) is 0 Å².